The van der Waals surface area contributed by atoms with Gasteiger partial charge in [-0.25, -0.2) is 0 Å². The van der Waals surface area contributed by atoms with E-state index in [-0.39, 0.29) is 6.04 Å². The molecule has 1 heterocycles. The lowest BCUT2D eigenvalue weighted by molar-refractivity contribution is 0.0798. The van der Waals surface area contributed by atoms with Crippen LogP contribution in [0.1, 0.15) is 38.3 Å². The molecule has 2 nitrogen and oxygen atoms in total. The maximum Gasteiger partial charge on any atom is 0.0551 e. The Morgan fingerprint density at radius 3 is 2.79 bits per heavy atom. The largest absolute Gasteiger partial charge is 0.329 e. The molecule has 1 aromatic rings. The van der Waals surface area contributed by atoms with Crippen LogP contribution in [0.4, 0.5) is 0 Å². The quantitative estimate of drug-likeness (QED) is 0.888. The Labute approximate surface area is 129 Å². The second-order valence-electron chi connectivity index (χ2n) is 5.65. The first kappa shape index (κ1) is 15.3. The van der Waals surface area contributed by atoms with E-state index >= 15 is 0 Å². The molecule has 0 spiro atoms. The predicted molar refractivity (Wildman–Crippen MR) is 85.5 cm³/mol. The molecule has 4 heteroatoms. The van der Waals surface area contributed by atoms with Gasteiger partial charge in [0.05, 0.1) is 5.02 Å². The predicted octanol–water partition coefficient (Wildman–Crippen LogP) is 4.22. The van der Waals surface area contributed by atoms with E-state index in [4.69, 9.17) is 17.3 Å². The summed E-state index contributed by atoms with van der Waals surface area (Å²) in [7, 11) is 0. The molecule has 2 N–H and O–H groups in total. The van der Waals surface area contributed by atoms with Crippen LogP contribution in [0.5, 0.6) is 0 Å². The minimum Gasteiger partial charge on any atom is -0.329 e. The fraction of sp³-hybridized carbons (Fsp3) is 0.600. The van der Waals surface area contributed by atoms with E-state index in [1.807, 2.05) is 12.1 Å². The fourth-order valence-corrected chi connectivity index (χ4v) is 3.38. The van der Waals surface area contributed by atoms with Crippen molar-refractivity contribution in [2.45, 2.75) is 38.8 Å². The highest BCUT2D eigenvalue weighted by Gasteiger charge is 2.29. The van der Waals surface area contributed by atoms with Crippen LogP contribution in [0.25, 0.3) is 0 Å². The number of nitrogens with two attached hydrogens (primary N) is 1. The molecule has 0 bridgehead atoms. The molecule has 3 unspecified atom stereocenters. The highest BCUT2D eigenvalue weighted by Crippen LogP contribution is 2.33. The molecule has 1 aliphatic rings. The zero-order chi connectivity index (χ0) is 14.0. The van der Waals surface area contributed by atoms with Gasteiger partial charge in [0, 0.05) is 29.6 Å². The molecule has 1 saturated heterocycles. The SMILES string of the molecule is CC1CCC(C)N(C(CN)c2ccc(Br)c(Cl)c2)C1. The normalized spacial score (nSPS) is 26.4. The van der Waals surface area contributed by atoms with Gasteiger partial charge in [0.25, 0.3) is 0 Å². The van der Waals surface area contributed by atoms with Crippen molar-refractivity contribution in [3.8, 4) is 0 Å². The van der Waals surface area contributed by atoms with Crippen molar-refractivity contribution in [1.82, 2.24) is 4.90 Å². The summed E-state index contributed by atoms with van der Waals surface area (Å²) in [6, 6.07) is 7.03. The molecule has 3 atom stereocenters. The van der Waals surface area contributed by atoms with Crippen molar-refractivity contribution in [3.63, 3.8) is 0 Å². The van der Waals surface area contributed by atoms with Crippen molar-refractivity contribution >= 4 is 27.5 Å². The first-order chi connectivity index (χ1) is 9.02. The number of hydrogen-bond acceptors (Lipinski definition) is 2. The maximum atomic E-state index is 6.21. The van der Waals surface area contributed by atoms with Crippen LogP contribution < -0.4 is 5.73 Å². The Balaban J connectivity index is 2.25. The number of hydrogen-bond donors (Lipinski definition) is 1. The summed E-state index contributed by atoms with van der Waals surface area (Å²) >= 11 is 9.65. The van der Waals surface area contributed by atoms with Gasteiger partial charge in [-0.05, 0) is 59.3 Å². The van der Waals surface area contributed by atoms with E-state index in [0.29, 0.717) is 12.6 Å². The molecule has 2 rings (SSSR count). The van der Waals surface area contributed by atoms with Gasteiger partial charge in [-0.15, -0.1) is 0 Å². The number of halogens is 2. The molecular formula is C15H22BrClN2. The topological polar surface area (TPSA) is 29.3 Å². The van der Waals surface area contributed by atoms with Crippen LogP contribution in [-0.2, 0) is 0 Å². The lowest BCUT2D eigenvalue weighted by Gasteiger charge is -2.42. The summed E-state index contributed by atoms with van der Waals surface area (Å²) in [6.45, 7) is 6.38. The summed E-state index contributed by atoms with van der Waals surface area (Å²) in [5.41, 5.74) is 7.25. The molecular weight excluding hydrogens is 324 g/mol. The molecule has 19 heavy (non-hydrogen) atoms. The van der Waals surface area contributed by atoms with Crippen molar-refractivity contribution in [1.29, 1.82) is 0 Å². The van der Waals surface area contributed by atoms with E-state index in [1.165, 1.54) is 18.4 Å². The second-order valence-corrected chi connectivity index (χ2v) is 6.91. The third-order valence-electron chi connectivity index (χ3n) is 4.12. The minimum atomic E-state index is 0.267. The van der Waals surface area contributed by atoms with Gasteiger partial charge in [-0.2, -0.15) is 0 Å². The first-order valence-electron chi connectivity index (χ1n) is 6.93. The lowest BCUT2D eigenvalue weighted by atomic mass is 9.91. The Morgan fingerprint density at radius 2 is 2.16 bits per heavy atom. The van der Waals surface area contributed by atoms with Crippen molar-refractivity contribution in [3.05, 3.63) is 33.3 Å². The van der Waals surface area contributed by atoms with Crippen molar-refractivity contribution in [2.24, 2.45) is 11.7 Å². The molecule has 1 aromatic carbocycles. The van der Waals surface area contributed by atoms with Crippen LogP contribution in [0.2, 0.25) is 5.02 Å². The summed E-state index contributed by atoms with van der Waals surface area (Å²) in [5.74, 6) is 0.746. The molecule has 0 amide bonds. The van der Waals surface area contributed by atoms with Gasteiger partial charge in [0.15, 0.2) is 0 Å². The highest BCUT2D eigenvalue weighted by atomic mass is 79.9. The van der Waals surface area contributed by atoms with E-state index in [1.54, 1.807) is 0 Å². The van der Waals surface area contributed by atoms with Crippen LogP contribution >= 0.6 is 27.5 Å². The van der Waals surface area contributed by atoms with Crippen LogP contribution in [0.3, 0.4) is 0 Å². The Hall–Kier alpha value is -0.0900. The Bertz CT molecular complexity index is 438. The standard InChI is InChI=1S/C15H22BrClN2/c1-10-3-4-11(2)19(9-10)15(8-18)12-5-6-13(16)14(17)7-12/h5-7,10-11,15H,3-4,8-9,18H2,1-2H3. The van der Waals surface area contributed by atoms with Gasteiger partial charge >= 0.3 is 0 Å². The average Bonchev–Trinajstić information content (AvgIpc) is 2.38. The summed E-state index contributed by atoms with van der Waals surface area (Å²) < 4.78 is 0.939. The van der Waals surface area contributed by atoms with Gasteiger partial charge in [-0.1, -0.05) is 24.6 Å². The molecule has 106 valence electrons. The first-order valence-corrected chi connectivity index (χ1v) is 8.10. The highest BCUT2D eigenvalue weighted by molar-refractivity contribution is 9.10. The Kier molecular flexibility index (Phi) is 5.29. The Morgan fingerprint density at radius 1 is 1.42 bits per heavy atom. The third kappa shape index (κ3) is 3.52. The fourth-order valence-electron chi connectivity index (χ4n) is 2.94. The number of piperidine rings is 1. The van der Waals surface area contributed by atoms with E-state index in [2.05, 4.69) is 40.7 Å². The summed E-state index contributed by atoms with van der Waals surface area (Å²) in [4.78, 5) is 2.54. The lowest BCUT2D eigenvalue weighted by Crippen LogP contribution is -2.45. The van der Waals surface area contributed by atoms with Gasteiger partial charge < -0.3 is 5.73 Å². The zero-order valence-electron chi connectivity index (χ0n) is 11.6. The van der Waals surface area contributed by atoms with Crippen molar-refractivity contribution < 1.29 is 0 Å². The second kappa shape index (κ2) is 6.57. The maximum absolute atomic E-state index is 6.21. The van der Waals surface area contributed by atoms with Crippen LogP contribution in [-0.4, -0.2) is 24.0 Å². The molecule has 0 aliphatic carbocycles. The number of rotatable bonds is 3. The smallest absolute Gasteiger partial charge is 0.0551 e. The zero-order valence-corrected chi connectivity index (χ0v) is 13.9. The minimum absolute atomic E-state index is 0.267. The molecule has 1 aliphatic heterocycles. The monoisotopic (exact) mass is 344 g/mol. The molecule has 0 radical (unpaired) electrons. The average molecular weight is 346 g/mol. The molecule has 1 fully saturated rings. The molecule has 0 saturated carbocycles. The van der Waals surface area contributed by atoms with Gasteiger partial charge in [-0.3, -0.25) is 4.90 Å². The summed E-state index contributed by atoms with van der Waals surface area (Å²) in [5, 5.41) is 0.758. The summed E-state index contributed by atoms with van der Waals surface area (Å²) in [6.07, 6.45) is 2.57. The number of benzene rings is 1. The van der Waals surface area contributed by atoms with Gasteiger partial charge in [0.1, 0.15) is 0 Å². The van der Waals surface area contributed by atoms with Crippen LogP contribution in [0.15, 0.2) is 22.7 Å². The van der Waals surface area contributed by atoms with Crippen LogP contribution in [0, 0.1) is 5.92 Å². The molecule has 0 aromatic heterocycles. The third-order valence-corrected chi connectivity index (χ3v) is 5.35. The van der Waals surface area contributed by atoms with E-state index in [9.17, 15) is 0 Å². The van der Waals surface area contributed by atoms with Gasteiger partial charge in [0.2, 0.25) is 0 Å². The number of likely N-dealkylation sites (tertiary alicyclic amines) is 1. The van der Waals surface area contributed by atoms with Crippen molar-refractivity contribution in [2.75, 3.05) is 13.1 Å². The van der Waals surface area contributed by atoms with E-state index in [0.717, 1.165) is 22.0 Å². The van der Waals surface area contributed by atoms with E-state index < -0.39 is 0 Å². The number of nitrogens with zero attached hydrogens (tertiary/aromatic N) is 1.